The third-order valence-corrected chi connectivity index (χ3v) is 3.39. The van der Waals surface area contributed by atoms with Crippen molar-refractivity contribution >= 4 is 29.1 Å². The summed E-state index contributed by atoms with van der Waals surface area (Å²) >= 11 is 5.75. The molecule has 23 heavy (non-hydrogen) atoms. The molecule has 0 saturated heterocycles. The van der Waals surface area contributed by atoms with Gasteiger partial charge in [-0.05, 0) is 48.9 Å². The van der Waals surface area contributed by atoms with Gasteiger partial charge in [0, 0.05) is 23.6 Å². The van der Waals surface area contributed by atoms with E-state index in [-0.39, 0.29) is 30.5 Å². The summed E-state index contributed by atoms with van der Waals surface area (Å²) in [7, 11) is 0. The Bertz CT molecular complexity index is 717. The molecule has 0 aliphatic rings. The van der Waals surface area contributed by atoms with Crippen LogP contribution in [0.4, 0.5) is 10.1 Å². The van der Waals surface area contributed by atoms with Crippen LogP contribution in [0.5, 0.6) is 0 Å². The molecule has 2 aromatic rings. The second-order valence-corrected chi connectivity index (χ2v) is 5.48. The average Bonchev–Trinajstić information content (AvgIpc) is 2.50. The Labute approximate surface area is 138 Å². The molecule has 0 aliphatic heterocycles. The molecule has 4 nitrogen and oxygen atoms in total. The van der Waals surface area contributed by atoms with Crippen LogP contribution in [0, 0.1) is 12.7 Å². The van der Waals surface area contributed by atoms with Crippen molar-refractivity contribution in [1.82, 2.24) is 5.32 Å². The number of amides is 2. The number of benzene rings is 2. The third kappa shape index (κ3) is 5.07. The van der Waals surface area contributed by atoms with Crippen molar-refractivity contribution < 1.29 is 14.0 Å². The standard InChI is InChI=1S/C17H16ClFN2O2/c1-11-2-7-15(14(19)10-11)21-16(22)8-9-20-17(23)12-3-5-13(18)6-4-12/h2-7,10H,8-9H2,1H3,(H,20,23)(H,21,22). The van der Waals surface area contributed by atoms with E-state index in [2.05, 4.69) is 10.6 Å². The molecule has 0 aliphatic carbocycles. The molecule has 0 heterocycles. The highest BCUT2D eigenvalue weighted by Gasteiger charge is 2.09. The van der Waals surface area contributed by atoms with Gasteiger partial charge in [0.1, 0.15) is 5.82 Å². The average molecular weight is 335 g/mol. The van der Waals surface area contributed by atoms with Gasteiger partial charge in [-0.2, -0.15) is 0 Å². The number of halogens is 2. The van der Waals surface area contributed by atoms with Crippen LogP contribution >= 0.6 is 11.6 Å². The molecule has 2 amide bonds. The Morgan fingerprint density at radius 2 is 1.83 bits per heavy atom. The van der Waals surface area contributed by atoms with E-state index in [9.17, 15) is 14.0 Å². The van der Waals surface area contributed by atoms with Crippen molar-refractivity contribution in [2.45, 2.75) is 13.3 Å². The van der Waals surface area contributed by atoms with Crippen LogP contribution < -0.4 is 10.6 Å². The van der Waals surface area contributed by atoms with Crippen LogP contribution in [-0.4, -0.2) is 18.4 Å². The Morgan fingerprint density at radius 1 is 1.13 bits per heavy atom. The molecule has 6 heteroatoms. The van der Waals surface area contributed by atoms with E-state index < -0.39 is 5.82 Å². The van der Waals surface area contributed by atoms with Crippen molar-refractivity contribution in [3.05, 3.63) is 64.4 Å². The van der Waals surface area contributed by atoms with E-state index >= 15 is 0 Å². The Kier molecular flexibility index (Phi) is 5.71. The third-order valence-electron chi connectivity index (χ3n) is 3.14. The largest absolute Gasteiger partial charge is 0.352 e. The highest BCUT2D eigenvalue weighted by Crippen LogP contribution is 2.15. The predicted molar refractivity (Wildman–Crippen MR) is 88.2 cm³/mol. The van der Waals surface area contributed by atoms with Gasteiger partial charge in [-0.15, -0.1) is 0 Å². The number of rotatable bonds is 5. The van der Waals surface area contributed by atoms with E-state index in [1.54, 1.807) is 37.3 Å². The molecule has 2 N–H and O–H groups in total. The lowest BCUT2D eigenvalue weighted by Crippen LogP contribution is -2.27. The van der Waals surface area contributed by atoms with Crippen molar-refractivity contribution in [3.8, 4) is 0 Å². The molecular weight excluding hydrogens is 319 g/mol. The van der Waals surface area contributed by atoms with Crippen LogP contribution in [0.15, 0.2) is 42.5 Å². The van der Waals surface area contributed by atoms with Gasteiger partial charge in [0.25, 0.3) is 5.91 Å². The fraction of sp³-hybridized carbons (Fsp3) is 0.176. The van der Waals surface area contributed by atoms with E-state index in [4.69, 9.17) is 11.6 Å². The maximum absolute atomic E-state index is 13.6. The molecule has 0 bridgehead atoms. The maximum Gasteiger partial charge on any atom is 0.251 e. The zero-order valence-corrected chi connectivity index (χ0v) is 13.3. The SMILES string of the molecule is Cc1ccc(NC(=O)CCNC(=O)c2ccc(Cl)cc2)c(F)c1. The molecule has 2 rings (SSSR count). The maximum atomic E-state index is 13.6. The quantitative estimate of drug-likeness (QED) is 0.878. The molecule has 0 saturated carbocycles. The molecule has 0 radical (unpaired) electrons. The van der Waals surface area contributed by atoms with Crippen LogP contribution in [0.25, 0.3) is 0 Å². The minimum atomic E-state index is -0.483. The normalized spacial score (nSPS) is 10.2. The fourth-order valence-electron chi connectivity index (χ4n) is 1.93. The van der Waals surface area contributed by atoms with Crippen molar-refractivity contribution in [3.63, 3.8) is 0 Å². The number of aryl methyl sites for hydroxylation is 1. The summed E-state index contributed by atoms with van der Waals surface area (Å²) in [6.45, 7) is 1.92. The zero-order chi connectivity index (χ0) is 16.8. The lowest BCUT2D eigenvalue weighted by atomic mass is 10.2. The highest BCUT2D eigenvalue weighted by atomic mass is 35.5. The highest BCUT2D eigenvalue weighted by molar-refractivity contribution is 6.30. The first-order valence-corrected chi connectivity index (χ1v) is 7.43. The Hall–Kier alpha value is -2.40. The molecule has 120 valence electrons. The lowest BCUT2D eigenvalue weighted by molar-refractivity contribution is -0.116. The van der Waals surface area contributed by atoms with Crippen molar-refractivity contribution in [1.29, 1.82) is 0 Å². The van der Waals surface area contributed by atoms with Crippen molar-refractivity contribution in [2.75, 3.05) is 11.9 Å². The number of carbonyl (C=O) groups is 2. The van der Waals surface area contributed by atoms with E-state index in [0.717, 1.165) is 5.56 Å². The van der Waals surface area contributed by atoms with Crippen LogP contribution in [0.1, 0.15) is 22.3 Å². The smallest absolute Gasteiger partial charge is 0.251 e. The summed E-state index contributed by atoms with van der Waals surface area (Å²) in [6, 6.07) is 11.0. The number of anilines is 1. The van der Waals surface area contributed by atoms with Gasteiger partial charge in [-0.25, -0.2) is 4.39 Å². The molecule has 0 spiro atoms. The van der Waals surface area contributed by atoms with Gasteiger partial charge in [-0.1, -0.05) is 17.7 Å². The fourth-order valence-corrected chi connectivity index (χ4v) is 2.05. The van der Waals surface area contributed by atoms with Crippen LogP contribution in [0.3, 0.4) is 0 Å². The van der Waals surface area contributed by atoms with Gasteiger partial charge >= 0.3 is 0 Å². The minimum Gasteiger partial charge on any atom is -0.352 e. The second-order valence-electron chi connectivity index (χ2n) is 5.04. The van der Waals surface area contributed by atoms with Crippen LogP contribution in [-0.2, 0) is 4.79 Å². The molecule has 0 fully saturated rings. The van der Waals surface area contributed by atoms with Gasteiger partial charge in [-0.3, -0.25) is 9.59 Å². The van der Waals surface area contributed by atoms with E-state index in [1.807, 2.05) is 0 Å². The number of hydrogen-bond acceptors (Lipinski definition) is 2. The van der Waals surface area contributed by atoms with E-state index in [0.29, 0.717) is 10.6 Å². The summed E-state index contributed by atoms with van der Waals surface area (Å²) in [5, 5.41) is 5.64. The van der Waals surface area contributed by atoms with Gasteiger partial charge < -0.3 is 10.6 Å². The lowest BCUT2D eigenvalue weighted by Gasteiger charge is -2.08. The molecule has 2 aromatic carbocycles. The molecular formula is C17H16ClFN2O2. The Balaban J connectivity index is 1.80. The summed E-state index contributed by atoms with van der Waals surface area (Å²) < 4.78 is 13.6. The van der Waals surface area contributed by atoms with Gasteiger partial charge in [0.05, 0.1) is 5.69 Å². The zero-order valence-electron chi connectivity index (χ0n) is 12.5. The minimum absolute atomic E-state index is 0.0483. The summed E-state index contributed by atoms with van der Waals surface area (Å²) in [5.41, 5.74) is 1.36. The number of hydrogen-bond donors (Lipinski definition) is 2. The molecule has 0 aromatic heterocycles. The molecule has 0 atom stereocenters. The van der Waals surface area contributed by atoms with Crippen molar-refractivity contribution in [2.24, 2.45) is 0 Å². The Morgan fingerprint density at radius 3 is 2.48 bits per heavy atom. The summed E-state index contributed by atoms with van der Waals surface area (Å²) in [6.07, 6.45) is 0.0483. The number of carbonyl (C=O) groups excluding carboxylic acids is 2. The monoisotopic (exact) mass is 334 g/mol. The first kappa shape index (κ1) is 17.0. The first-order chi connectivity index (χ1) is 11.0. The topological polar surface area (TPSA) is 58.2 Å². The predicted octanol–water partition coefficient (Wildman–Crippen LogP) is 3.55. The summed E-state index contributed by atoms with van der Waals surface area (Å²) in [4.78, 5) is 23.6. The van der Waals surface area contributed by atoms with Gasteiger partial charge in [0.15, 0.2) is 0 Å². The van der Waals surface area contributed by atoms with Gasteiger partial charge in [0.2, 0.25) is 5.91 Å². The van der Waals surface area contributed by atoms with Crippen LogP contribution in [0.2, 0.25) is 5.02 Å². The number of nitrogens with one attached hydrogen (secondary N) is 2. The first-order valence-electron chi connectivity index (χ1n) is 7.05. The van der Waals surface area contributed by atoms with E-state index in [1.165, 1.54) is 12.1 Å². The second kappa shape index (κ2) is 7.74. The molecule has 0 unspecified atom stereocenters. The summed E-state index contributed by atoms with van der Waals surface area (Å²) in [5.74, 6) is -1.15.